The van der Waals surface area contributed by atoms with Gasteiger partial charge in [0.2, 0.25) is 0 Å². The smallest absolute Gasteiger partial charge is 0.137 e. The molecule has 0 saturated carbocycles. The van der Waals surface area contributed by atoms with Gasteiger partial charge in [-0.25, -0.2) is 0 Å². The minimum absolute atomic E-state index is 0.00815. The first-order valence-corrected chi connectivity index (χ1v) is 4.91. The number of methoxy groups -OCH3 is 1. The van der Waals surface area contributed by atoms with Crippen LogP contribution in [0.1, 0.15) is 25.5 Å². The largest absolute Gasteiger partial charge is 0.495 e. The zero-order valence-electron chi connectivity index (χ0n) is 9.21. The Balaban J connectivity index is 2.85. The highest BCUT2D eigenvalue weighted by molar-refractivity contribution is 5.25. The maximum atomic E-state index is 9.83. The van der Waals surface area contributed by atoms with Crippen LogP contribution in [0, 0.1) is 5.92 Å². The number of rotatable bonds is 4. The second kappa shape index (κ2) is 5.09. The van der Waals surface area contributed by atoms with Crippen molar-refractivity contribution in [1.29, 1.82) is 0 Å². The minimum Gasteiger partial charge on any atom is -0.495 e. The fourth-order valence-corrected chi connectivity index (χ4v) is 1.27. The first kappa shape index (κ1) is 11.9. The van der Waals surface area contributed by atoms with Gasteiger partial charge in [-0.1, -0.05) is 13.8 Å². The monoisotopic (exact) mass is 211 g/mol. The maximum absolute atomic E-state index is 9.83. The zero-order valence-corrected chi connectivity index (χ0v) is 9.21. The Kier molecular flexibility index (Phi) is 4.05. The second-order valence-electron chi connectivity index (χ2n) is 3.84. The fraction of sp³-hybridized carbons (Fsp3) is 0.545. The Hall–Kier alpha value is -1.13. The van der Waals surface area contributed by atoms with Gasteiger partial charge in [0.15, 0.2) is 0 Å². The molecule has 0 aliphatic carbocycles. The summed E-state index contributed by atoms with van der Waals surface area (Å²) in [4.78, 5) is 3.92. The molecule has 0 amide bonds. The van der Waals surface area contributed by atoms with E-state index in [1.807, 2.05) is 13.8 Å². The minimum atomic E-state index is -0.924. The van der Waals surface area contributed by atoms with Crippen LogP contribution >= 0.6 is 0 Å². The summed E-state index contributed by atoms with van der Waals surface area (Å²) >= 11 is 0. The van der Waals surface area contributed by atoms with E-state index in [2.05, 4.69) is 4.98 Å². The number of ether oxygens (including phenoxy) is 1. The first-order valence-electron chi connectivity index (χ1n) is 4.91. The third-order valence-electron chi connectivity index (χ3n) is 2.32. The topological polar surface area (TPSA) is 62.6 Å². The van der Waals surface area contributed by atoms with Gasteiger partial charge in [0.25, 0.3) is 0 Å². The predicted octanol–water partition coefficient (Wildman–Crippen LogP) is 1.14. The molecular formula is C11H17NO3. The van der Waals surface area contributed by atoms with E-state index in [-0.39, 0.29) is 5.92 Å². The Morgan fingerprint density at radius 1 is 1.27 bits per heavy atom. The third-order valence-corrected chi connectivity index (χ3v) is 2.32. The Morgan fingerprint density at radius 3 is 2.47 bits per heavy atom. The lowest BCUT2D eigenvalue weighted by atomic mass is 9.97. The number of pyridine rings is 1. The molecule has 2 atom stereocenters. The van der Waals surface area contributed by atoms with Crippen LogP contribution in [-0.2, 0) is 0 Å². The summed E-state index contributed by atoms with van der Waals surface area (Å²) in [6.45, 7) is 3.70. The highest BCUT2D eigenvalue weighted by Gasteiger charge is 2.21. The van der Waals surface area contributed by atoms with E-state index in [4.69, 9.17) is 4.74 Å². The van der Waals surface area contributed by atoms with Crippen LogP contribution in [0.3, 0.4) is 0 Å². The molecule has 1 aromatic rings. The lowest BCUT2D eigenvalue weighted by Gasteiger charge is -2.21. The van der Waals surface area contributed by atoms with Crippen LogP contribution < -0.4 is 4.74 Å². The number of hydrogen-bond donors (Lipinski definition) is 2. The Morgan fingerprint density at radius 2 is 1.93 bits per heavy atom. The summed E-state index contributed by atoms with van der Waals surface area (Å²) in [5.41, 5.74) is 0.565. The van der Waals surface area contributed by atoms with E-state index in [1.165, 1.54) is 13.3 Å². The lowest BCUT2D eigenvalue weighted by Crippen LogP contribution is -2.24. The molecule has 1 aromatic heterocycles. The van der Waals surface area contributed by atoms with Crippen LogP contribution in [0.25, 0.3) is 0 Å². The molecule has 2 unspecified atom stereocenters. The number of aliphatic hydroxyl groups excluding tert-OH is 2. The van der Waals surface area contributed by atoms with Gasteiger partial charge in [-0.3, -0.25) is 4.98 Å². The quantitative estimate of drug-likeness (QED) is 0.784. The molecule has 0 aliphatic heterocycles. The van der Waals surface area contributed by atoms with E-state index >= 15 is 0 Å². The molecule has 0 saturated heterocycles. The first-order chi connectivity index (χ1) is 7.06. The van der Waals surface area contributed by atoms with Crippen LogP contribution in [0.5, 0.6) is 5.75 Å². The summed E-state index contributed by atoms with van der Waals surface area (Å²) in [7, 11) is 1.53. The SMILES string of the molecule is COc1cncc(C(O)C(O)C(C)C)c1. The average Bonchev–Trinajstić information content (AvgIpc) is 2.27. The van der Waals surface area contributed by atoms with Crippen LogP contribution in [0.15, 0.2) is 18.5 Å². The van der Waals surface area contributed by atoms with Crippen molar-refractivity contribution in [2.75, 3.05) is 7.11 Å². The van der Waals surface area contributed by atoms with Crippen molar-refractivity contribution in [3.8, 4) is 5.75 Å². The zero-order chi connectivity index (χ0) is 11.4. The molecular weight excluding hydrogens is 194 g/mol. The third kappa shape index (κ3) is 2.91. The van der Waals surface area contributed by atoms with Crippen molar-refractivity contribution in [2.45, 2.75) is 26.1 Å². The lowest BCUT2D eigenvalue weighted by molar-refractivity contribution is -0.00965. The van der Waals surface area contributed by atoms with Gasteiger partial charge >= 0.3 is 0 Å². The second-order valence-corrected chi connectivity index (χ2v) is 3.84. The maximum Gasteiger partial charge on any atom is 0.137 e. The van der Waals surface area contributed by atoms with E-state index in [9.17, 15) is 10.2 Å². The van der Waals surface area contributed by atoms with Crippen molar-refractivity contribution in [3.05, 3.63) is 24.0 Å². The van der Waals surface area contributed by atoms with Gasteiger partial charge in [0.1, 0.15) is 11.9 Å². The summed E-state index contributed by atoms with van der Waals surface area (Å²) in [6, 6.07) is 1.67. The molecule has 0 fully saturated rings. The molecule has 4 heteroatoms. The standard InChI is InChI=1S/C11H17NO3/c1-7(2)10(13)11(14)8-4-9(15-3)6-12-5-8/h4-7,10-11,13-14H,1-3H3. The molecule has 2 N–H and O–H groups in total. The van der Waals surface area contributed by atoms with Gasteiger partial charge in [-0.15, -0.1) is 0 Å². The van der Waals surface area contributed by atoms with Crippen LogP contribution in [0.4, 0.5) is 0 Å². The fourth-order valence-electron chi connectivity index (χ4n) is 1.27. The number of hydrogen-bond acceptors (Lipinski definition) is 4. The molecule has 0 aliphatic rings. The van der Waals surface area contributed by atoms with Crippen molar-refractivity contribution in [1.82, 2.24) is 4.98 Å². The molecule has 1 rings (SSSR count). The molecule has 0 radical (unpaired) electrons. The van der Waals surface area contributed by atoms with Crippen LogP contribution in [-0.4, -0.2) is 28.4 Å². The summed E-state index contributed by atoms with van der Waals surface area (Å²) in [5.74, 6) is 0.564. The molecule has 0 bridgehead atoms. The summed E-state index contributed by atoms with van der Waals surface area (Å²) < 4.78 is 4.99. The number of aromatic nitrogens is 1. The average molecular weight is 211 g/mol. The highest BCUT2D eigenvalue weighted by Crippen LogP contribution is 2.23. The molecule has 4 nitrogen and oxygen atoms in total. The van der Waals surface area contributed by atoms with E-state index in [0.717, 1.165) is 0 Å². The van der Waals surface area contributed by atoms with Gasteiger partial charge in [-0.2, -0.15) is 0 Å². The molecule has 0 spiro atoms. The number of aliphatic hydroxyl groups is 2. The van der Waals surface area contributed by atoms with Crippen molar-refractivity contribution in [3.63, 3.8) is 0 Å². The molecule has 84 valence electrons. The van der Waals surface area contributed by atoms with Gasteiger partial charge in [-0.05, 0) is 12.0 Å². The van der Waals surface area contributed by atoms with Crippen molar-refractivity contribution < 1.29 is 14.9 Å². The molecule has 0 aromatic carbocycles. The Bertz CT molecular complexity index is 314. The molecule has 15 heavy (non-hydrogen) atoms. The highest BCUT2D eigenvalue weighted by atomic mass is 16.5. The van der Waals surface area contributed by atoms with Crippen LogP contribution in [0.2, 0.25) is 0 Å². The van der Waals surface area contributed by atoms with E-state index in [1.54, 1.807) is 12.3 Å². The summed E-state index contributed by atoms with van der Waals surface area (Å²) in [5, 5.41) is 19.5. The predicted molar refractivity (Wildman–Crippen MR) is 56.6 cm³/mol. The van der Waals surface area contributed by atoms with Crippen molar-refractivity contribution >= 4 is 0 Å². The normalized spacial score (nSPS) is 15.1. The summed E-state index contributed by atoms with van der Waals surface area (Å²) in [6.07, 6.45) is 1.36. The van der Waals surface area contributed by atoms with Crippen molar-refractivity contribution in [2.24, 2.45) is 5.92 Å². The van der Waals surface area contributed by atoms with E-state index < -0.39 is 12.2 Å². The van der Waals surface area contributed by atoms with Gasteiger partial charge in [0, 0.05) is 11.8 Å². The van der Waals surface area contributed by atoms with Gasteiger partial charge in [0.05, 0.1) is 19.4 Å². The number of nitrogens with zero attached hydrogens (tertiary/aromatic N) is 1. The van der Waals surface area contributed by atoms with Gasteiger partial charge < -0.3 is 14.9 Å². The van der Waals surface area contributed by atoms with E-state index in [0.29, 0.717) is 11.3 Å². The Labute approximate surface area is 89.5 Å². The molecule has 1 heterocycles.